The minimum Gasteiger partial charge on any atom is -0.310 e. The zero-order chi connectivity index (χ0) is 33.5. The van der Waals surface area contributed by atoms with Gasteiger partial charge in [-0.1, -0.05) is 92.8 Å². The SMILES string of the molecule is CC1(C)C2=C(CCC=C2)c2ccc(N(C3=C(C4=CC=CCC4)CCC=C3)c3ccc(-c4ccc(C56CC7CC(CC(C7)C5)C6)cc4)cc3)cc21. The molecule has 0 unspecified atom stereocenters. The summed E-state index contributed by atoms with van der Waals surface area (Å²) >= 11 is 0. The third-order valence-electron chi connectivity index (χ3n) is 13.9. The fraction of sp³-hybridized carbons (Fsp3) is 0.388. The van der Waals surface area contributed by atoms with Crippen molar-refractivity contribution in [1.82, 2.24) is 0 Å². The van der Waals surface area contributed by atoms with Gasteiger partial charge in [0.2, 0.25) is 0 Å². The van der Waals surface area contributed by atoms with E-state index in [0.717, 1.165) is 56.3 Å². The van der Waals surface area contributed by atoms with E-state index in [-0.39, 0.29) is 5.41 Å². The third kappa shape index (κ3) is 4.94. The van der Waals surface area contributed by atoms with E-state index in [1.807, 2.05) is 0 Å². The fourth-order valence-corrected chi connectivity index (χ4v) is 11.9. The van der Waals surface area contributed by atoms with Crippen molar-refractivity contribution in [1.29, 1.82) is 0 Å². The standard InChI is InChI=1S/C49H51N/c1-48(2)45-14-8-6-13-43(45)44-25-24-41(29-46(44)48)50(47-15-9-7-12-42(47)38-10-4-3-5-11-38)40-22-18-37(19-23-40)36-16-20-39(21-17-36)49-30-33-26-34(31-49)28-35(27-33)32-49/h3-4,8-10,14-25,29,33-35H,5-7,11-13,26-28,30-32H2,1-2H3. The molecule has 1 heteroatoms. The minimum atomic E-state index is 0.00572. The first-order valence-corrected chi connectivity index (χ1v) is 19.8. The van der Waals surface area contributed by atoms with Crippen LogP contribution >= 0.6 is 0 Å². The molecule has 3 aromatic rings. The molecule has 0 atom stereocenters. The highest BCUT2D eigenvalue weighted by Crippen LogP contribution is 2.61. The van der Waals surface area contributed by atoms with Gasteiger partial charge in [0, 0.05) is 22.5 Å². The molecule has 0 radical (unpaired) electrons. The molecule has 4 saturated carbocycles. The van der Waals surface area contributed by atoms with E-state index in [9.17, 15) is 0 Å². The molecule has 0 amide bonds. The molecular formula is C49H51N. The van der Waals surface area contributed by atoms with Crippen molar-refractivity contribution in [3.8, 4) is 11.1 Å². The number of anilines is 2. The highest BCUT2D eigenvalue weighted by Gasteiger charge is 2.51. The van der Waals surface area contributed by atoms with Crippen LogP contribution in [-0.4, -0.2) is 0 Å². The Morgan fingerprint density at radius 1 is 0.620 bits per heavy atom. The summed E-state index contributed by atoms with van der Waals surface area (Å²) in [7, 11) is 0. The Morgan fingerprint density at radius 2 is 1.24 bits per heavy atom. The number of rotatable bonds is 6. The quantitative estimate of drug-likeness (QED) is 0.256. The van der Waals surface area contributed by atoms with Crippen LogP contribution in [0.2, 0.25) is 0 Å². The molecule has 1 nitrogen and oxygen atoms in total. The van der Waals surface area contributed by atoms with E-state index in [4.69, 9.17) is 0 Å². The van der Waals surface area contributed by atoms with Gasteiger partial charge in [0.05, 0.1) is 0 Å². The summed E-state index contributed by atoms with van der Waals surface area (Å²) in [6.45, 7) is 4.84. The molecule has 252 valence electrons. The van der Waals surface area contributed by atoms with Crippen molar-refractivity contribution in [2.45, 2.75) is 102 Å². The summed E-state index contributed by atoms with van der Waals surface area (Å²) in [5.74, 6) is 2.94. The molecule has 8 aliphatic carbocycles. The smallest absolute Gasteiger partial charge is 0.0493 e. The van der Waals surface area contributed by atoms with Gasteiger partial charge in [-0.3, -0.25) is 0 Å². The summed E-state index contributed by atoms with van der Waals surface area (Å²) in [5, 5.41) is 0. The molecule has 11 rings (SSSR count). The summed E-state index contributed by atoms with van der Waals surface area (Å²) in [5.41, 5.74) is 17.5. The molecule has 0 aromatic heterocycles. The molecule has 8 aliphatic rings. The Labute approximate surface area is 299 Å². The molecule has 4 fully saturated rings. The maximum absolute atomic E-state index is 2.56. The van der Waals surface area contributed by atoms with Crippen LogP contribution in [0.3, 0.4) is 0 Å². The van der Waals surface area contributed by atoms with Gasteiger partial charge in [0.25, 0.3) is 0 Å². The van der Waals surface area contributed by atoms with E-state index < -0.39 is 0 Å². The van der Waals surface area contributed by atoms with Gasteiger partial charge < -0.3 is 4.90 Å². The van der Waals surface area contributed by atoms with Crippen LogP contribution in [-0.2, 0) is 10.8 Å². The highest BCUT2D eigenvalue weighted by atomic mass is 15.1. The Hall–Kier alpha value is -4.10. The van der Waals surface area contributed by atoms with Crippen LogP contribution in [0.15, 0.2) is 132 Å². The molecule has 0 spiro atoms. The zero-order valence-corrected chi connectivity index (χ0v) is 30.1. The topological polar surface area (TPSA) is 3.24 Å². The molecule has 0 heterocycles. The molecular weight excluding hydrogens is 603 g/mol. The number of benzene rings is 3. The van der Waals surface area contributed by atoms with Crippen molar-refractivity contribution in [2.24, 2.45) is 17.8 Å². The van der Waals surface area contributed by atoms with Gasteiger partial charge >= 0.3 is 0 Å². The van der Waals surface area contributed by atoms with Crippen molar-refractivity contribution < 1.29 is 0 Å². The third-order valence-corrected chi connectivity index (χ3v) is 13.9. The van der Waals surface area contributed by atoms with Crippen molar-refractivity contribution in [3.05, 3.63) is 148 Å². The second kappa shape index (κ2) is 11.7. The van der Waals surface area contributed by atoms with Gasteiger partial charge in [-0.25, -0.2) is 0 Å². The monoisotopic (exact) mass is 653 g/mol. The lowest BCUT2D eigenvalue weighted by Gasteiger charge is -2.57. The van der Waals surface area contributed by atoms with Gasteiger partial charge in [-0.05, 0) is 181 Å². The number of allylic oxidation sites excluding steroid dienone is 11. The van der Waals surface area contributed by atoms with Crippen LogP contribution in [0.1, 0.15) is 108 Å². The average molecular weight is 654 g/mol. The summed E-state index contributed by atoms with van der Waals surface area (Å²) < 4.78 is 0. The lowest BCUT2D eigenvalue weighted by atomic mass is 9.48. The predicted molar refractivity (Wildman–Crippen MR) is 210 cm³/mol. The van der Waals surface area contributed by atoms with Crippen LogP contribution in [0.4, 0.5) is 11.4 Å². The van der Waals surface area contributed by atoms with Gasteiger partial charge in [0.15, 0.2) is 0 Å². The Kier molecular flexibility index (Phi) is 7.20. The first-order valence-electron chi connectivity index (χ1n) is 19.8. The van der Waals surface area contributed by atoms with Crippen LogP contribution < -0.4 is 4.90 Å². The highest BCUT2D eigenvalue weighted by molar-refractivity contribution is 5.86. The zero-order valence-electron chi connectivity index (χ0n) is 30.1. The van der Waals surface area contributed by atoms with Crippen molar-refractivity contribution >= 4 is 16.9 Å². The molecule has 50 heavy (non-hydrogen) atoms. The second-order valence-corrected chi connectivity index (χ2v) is 17.3. The molecule has 4 bridgehead atoms. The van der Waals surface area contributed by atoms with Crippen LogP contribution in [0, 0.1) is 17.8 Å². The summed E-state index contributed by atoms with van der Waals surface area (Å²) in [6, 6.07) is 26.6. The second-order valence-electron chi connectivity index (χ2n) is 17.3. The Morgan fingerprint density at radius 3 is 1.92 bits per heavy atom. The van der Waals surface area contributed by atoms with E-state index >= 15 is 0 Å². The predicted octanol–water partition coefficient (Wildman–Crippen LogP) is 13.2. The maximum atomic E-state index is 2.56. The molecule has 3 aromatic carbocycles. The number of hydrogen-bond acceptors (Lipinski definition) is 1. The Balaban J connectivity index is 1.02. The fourth-order valence-electron chi connectivity index (χ4n) is 11.9. The van der Waals surface area contributed by atoms with Gasteiger partial charge in [-0.2, -0.15) is 0 Å². The first kappa shape index (κ1) is 30.7. The minimum absolute atomic E-state index is 0.00572. The first-order chi connectivity index (χ1) is 24.4. The van der Waals surface area contributed by atoms with Crippen LogP contribution in [0.25, 0.3) is 16.7 Å². The van der Waals surface area contributed by atoms with Gasteiger partial charge in [0.1, 0.15) is 0 Å². The average Bonchev–Trinajstić information content (AvgIpc) is 3.38. The lowest BCUT2D eigenvalue weighted by molar-refractivity contribution is -0.00518. The summed E-state index contributed by atoms with van der Waals surface area (Å²) in [6.07, 6.45) is 32.0. The van der Waals surface area contributed by atoms with Gasteiger partial charge in [-0.15, -0.1) is 0 Å². The lowest BCUT2D eigenvalue weighted by Crippen LogP contribution is -2.48. The number of hydrogen-bond donors (Lipinski definition) is 0. The number of nitrogens with zero attached hydrogens (tertiary/aromatic N) is 1. The van der Waals surface area contributed by atoms with Crippen LogP contribution in [0.5, 0.6) is 0 Å². The van der Waals surface area contributed by atoms with E-state index in [1.165, 1.54) is 94.6 Å². The molecule has 0 N–H and O–H groups in total. The summed E-state index contributed by atoms with van der Waals surface area (Å²) in [4.78, 5) is 2.56. The van der Waals surface area contributed by atoms with E-state index in [2.05, 4.69) is 128 Å². The Bertz CT molecular complexity index is 2000. The van der Waals surface area contributed by atoms with Crippen molar-refractivity contribution in [2.75, 3.05) is 4.90 Å². The maximum Gasteiger partial charge on any atom is 0.0493 e. The number of fused-ring (bicyclic) bond motifs is 2. The molecule has 0 saturated heterocycles. The van der Waals surface area contributed by atoms with Crippen molar-refractivity contribution in [3.63, 3.8) is 0 Å². The molecule has 0 aliphatic heterocycles. The largest absolute Gasteiger partial charge is 0.310 e. The normalized spacial score (nSPS) is 28.6. The van der Waals surface area contributed by atoms with E-state index in [1.54, 1.807) is 11.1 Å². The van der Waals surface area contributed by atoms with E-state index in [0.29, 0.717) is 5.41 Å².